The molecule has 1 aromatic heterocycles. The lowest BCUT2D eigenvalue weighted by molar-refractivity contribution is 0.343. The number of nitrogen functional groups attached to an aromatic ring is 2. The van der Waals surface area contributed by atoms with Crippen LogP contribution in [0.1, 0.15) is 13.8 Å². The van der Waals surface area contributed by atoms with Crippen molar-refractivity contribution in [1.29, 1.82) is 0 Å². The van der Waals surface area contributed by atoms with Crippen LogP contribution in [0, 0.1) is 0 Å². The van der Waals surface area contributed by atoms with Gasteiger partial charge in [-0.15, -0.1) is 0 Å². The molecule has 0 aliphatic carbocycles. The Morgan fingerprint density at radius 1 is 1.22 bits per heavy atom. The van der Waals surface area contributed by atoms with Crippen LogP contribution in [0.3, 0.4) is 0 Å². The summed E-state index contributed by atoms with van der Waals surface area (Å²) in [7, 11) is 0. The zero-order valence-corrected chi connectivity index (χ0v) is 10.7. The van der Waals surface area contributed by atoms with E-state index in [1.807, 2.05) is 36.9 Å². The highest BCUT2D eigenvalue weighted by molar-refractivity contribution is 5.82. The van der Waals surface area contributed by atoms with Crippen molar-refractivity contribution in [2.75, 3.05) is 18.1 Å². The molecule has 0 radical (unpaired) electrons. The molecule has 4 N–H and O–H groups in total. The van der Waals surface area contributed by atoms with Crippen molar-refractivity contribution < 1.29 is 4.74 Å². The van der Waals surface area contributed by atoms with Crippen molar-refractivity contribution in [3.63, 3.8) is 0 Å². The van der Waals surface area contributed by atoms with Crippen molar-refractivity contribution in [1.82, 2.24) is 9.78 Å². The van der Waals surface area contributed by atoms with Gasteiger partial charge in [0.15, 0.2) is 5.75 Å². The molecular weight excluding hydrogens is 228 g/mol. The summed E-state index contributed by atoms with van der Waals surface area (Å²) in [5.41, 5.74) is 14.5. The summed E-state index contributed by atoms with van der Waals surface area (Å²) < 4.78 is 7.45. The first-order chi connectivity index (χ1) is 8.67. The summed E-state index contributed by atoms with van der Waals surface area (Å²) in [6.07, 6.45) is 1.93. The Balaban J connectivity index is 2.52. The molecule has 0 saturated carbocycles. The van der Waals surface area contributed by atoms with E-state index >= 15 is 0 Å². The molecule has 1 aromatic carbocycles. The predicted molar refractivity (Wildman–Crippen MR) is 73.3 cm³/mol. The first kappa shape index (κ1) is 12.3. The Labute approximate surface area is 106 Å². The number of hydrogen-bond donors (Lipinski definition) is 2. The monoisotopic (exact) mass is 246 g/mol. The van der Waals surface area contributed by atoms with E-state index in [1.54, 1.807) is 6.07 Å². The number of nitrogens with zero attached hydrogens (tertiary/aromatic N) is 2. The highest BCUT2D eigenvalue weighted by atomic mass is 16.5. The maximum Gasteiger partial charge on any atom is 0.153 e. The van der Waals surface area contributed by atoms with E-state index in [2.05, 4.69) is 5.10 Å². The molecule has 0 spiro atoms. The third-order valence-electron chi connectivity index (χ3n) is 2.76. The number of aromatic nitrogens is 2. The minimum absolute atomic E-state index is 0.473. The summed E-state index contributed by atoms with van der Waals surface area (Å²) in [6.45, 7) is 5.32. The minimum atomic E-state index is 0.473. The zero-order valence-electron chi connectivity index (χ0n) is 10.7. The molecule has 2 rings (SSSR count). The molecule has 18 heavy (non-hydrogen) atoms. The van der Waals surface area contributed by atoms with Gasteiger partial charge in [0.05, 0.1) is 23.7 Å². The first-order valence-corrected chi connectivity index (χ1v) is 6.02. The number of benzene rings is 1. The highest BCUT2D eigenvalue weighted by Crippen LogP contribution is 2.37. The van der Waals surface area contributed by atoms with E-state index in [0.717, 1.165) is 17.8 Å². The normalized spacial score (nSPS) is 10.6. The largest absolute Gasteiger partial charge is 0.491 e. The van der Waals surface area contributed by atoms with Gasteiger partial charge in [0.2, 0.25) is 0 Å². The van der Waals surface area contributed by atoms with Crippen LogP contribution in [0.25, 0.3) is 11.3 Å². The Kier molecular flexibility index (Phi) is 3.41. The predicted octanol–water partition coefficient (Wildman–Crippen LogP) is 2.13. The number of rotatable bonds is 4. The molecule has 5 heteroatoms. The van der Waals surface area contributed by atoms with E-state index in [1.165, 1.54) is 0 Å². The van der Waals surface area contributed by atoms with Gasteiger partial charge in [-0.1, -0.05) is 0 Å². The fourth-order valence-electron chi connectivity index (χ4n) is 1.80. The van der Waals surface area contributed by atoms with E-state index < -0.39 is 0 Å². The number of hydrogen-bond acceptors (Lipinski definition) is 4. The second kappa shape index (κ2) is 5.00. The summed E-state index contributed by atoms with van der Waals surface area (Å²) in [4.78, 5) is 0. The fourth-order valence-corrected chi connectivity index (χ4v) is 1.80. The second-order valence-corrected chi connectivity index (χ2v) is 3.93. The van der Waals surface area contributed by atoms with E-state index in [9.17, 15) is 0 Å². The molecule has 0 aliphatic rings. The van der Waals surface area contributed by atoms with Crippen LogP contribution >= 0.6 is 0 Å². The molecule has 0 aliphatic heterocycles. The first-order valence-electron chi connectivity index (χ1n) is 6.02. The summed E-state index contributed by atoms with van der Waals surface area (Å²) in [6, 6.07) is 5.61. The zero-order chi connectivity index (χ0) is 13.1. The van der Waals surface area contributed by atoms with Gasteiger partial charge < -0.3 is 16.2 Å². The lowest BCUT2D eigenvalue weighted by atomic mass is 10.1. The smallest absolute Gasteiger partial charge is 0.153 e. The Morgan fingerprint density at radius 2 is 2.00 bits per heavy atom. The molecular formula is C13H18N4O. The van der Waals surface area contributed by atoms with Gasteiger partial charge in [-0.05, 0) is 32.0 Å². The molecule has 1 heterocycles. The van der Waals surface area contributed by atoms with Crippen molar-refractivity contribution in [3.05, 3.63) is 24.4 Å². The maximum atomic E-state index is 5.96. The Morgan fingerprint density at radius 3 is 2.61 bits per heavy atom. The molecule has 5 nitrogen and oxygen atoms in total. The number of anilines is 2. The summed E-state index contributed by atoms with van der Waals surface area (Å²) in [5, 5.41) is 4.45. The molecule has 0 unspecified atom stereocenters. The molecule has 0 fully saturated rings. The van der Waals surface area contributed by atoms with Crippen LogP contribution in [0.4, 0.5) is 11.4 Å². The fraction of sp³-hybridized carbons (Fsp3) is 0.308. The second-order valence-electron chi connectivity index (χ2n) is 3.93. The van der Waals surface area contributed by atoms with Gasteiger partial charge in [0.1, 0.15) is 0 Å². The van der Waals surface area contributed by atoms with Gasteiger partial charge in [-0.2, -0.15) is 5.10 Å². The maximum absolute atomic E-state index is 5.96. The van der Waals surface area contributed by atoms with Gasteiger partial charge in [-0.25, -0.2) is 0 Å². The molecule has 0 amide bonds. The van der Waals surface area contributed by atoms with Crippen LogP contribution < -0.4 is 16.2 Å². The van der Waals surface area contributed by atoms with Gasteiger partial charge >= 0.3 is 0 Å². The molecule has 96 valence electrons. The van der Waals surface area contributed by atoms with Gasteiger partial charge in [0.25, 0.3) is 0 Å². The standard InChI is InChI=1S/C13H18N4O/c1-3-17-8-7-11(16-17)9-5-6-10(14)12(15)13(9)18-4-2/h5-8H,3-4,14-15H2,1-2H3. The quantitative estimate of drug-likeness (QED) is 0.810. The third-order valence-corrected chi connectivity index (χ3v) is 2.76. The minimum Gasteiger partial charge on any atom is -0.491 e. The Hall–Kier alpha value is -2.17. The lowest BCUT2D eigenvalue weighted by Gasteiger charge is -2.13. The molecule has 0 bridgehead atoms. The number of ether oxygens (including phenoxy) is 1. The SMILES string of the molecule is CCOc1c(-c2ccn(CC)n2)ccc(N)c1N. The van der Waals surface area contributed by atoms with Crippen LogP contribution in [0.5, 0.6) is 5.75 Å². The number of nitrogens with two attached hydrogens (primary N) is 2. The van der Waals surface area contributed by atoms with Gasteiger partial charge in [0, 0.05) is 18.3 Å². The average Bonchev–Trinajstić information content (AvgIpc) is 2.84. The Bertz CT molecular complexity index is 548. The van der Waals surface area contributed by atoms with Gasteiger partial charge in [-0.3, -0.25) is 4.68 Å². The topological polar surface area (TPSA) is 79.1 Å². The molecule has 0 atom stereocenters. The van der Waals surface area contributed by atoms with Crippen LogP contribution in [-0.4, -0.2) is 16.4 Å². The van der Waals surface area contributed by atoms with Crippen LogP contribution in [0.2, 0.25) is 0 Å². The lowest BCUT2D eigenvalue weighted by Crippen LogP contribution is -2.03. The molecule has 2 aromatic rings. The van der Waals surface area contributed by atoms with Crippen molar-refractivity contribution >= 4 is 11.4 Å². The highest BCUT2D eigenvalue weighted by Gasteiger charge is 2.14. The van der Waals surface area contributed by atoms with Crippen LogP contribution in [0.15, 0.2) is 24.4 Å². The average molecular weight is 246 g/mol. The third kappa shape index (κ3) is 2.11. The summed E-state index contributed by atoms with van der Waals surface area (Å²) >= 11 is 0. The van der Waals surface area contributed by atoms with Crippen molar-refractivity contribution in [3.8, 4) is 17.0 Å². The van der Waals surface area contributed by atoms with E-state index in [-0.39, 0.29) is 0 Å². The van der Waals surface area contributed by atoms with Crippen molar-refractivity contribution in [2.45, 2.75) is 20.4 Å². The van der Waals surface area contributed by atoms with Crippen molar-refractivity contribution in [2.24, 2.45) is 0 Å². The van der Waals surface area contributed by atoms with E-state index in [0.29, 0.717) is 23.7 Å². The molecule has 0 saturated heterocycles. The number of aryl methyl sites for hydroxylation is 1. The van der Waals surface area contributed by atoms with Crippen LogP contribution in [-0.2, 0) is 6.54 Å². The van der Waals surface area contributed by atoms with E-state index in [4.69, 9.17) is 16.2 Å². The summed E-state index contributed by atoms with van der Waals surface area (Å²) in [5.74, 6) is 0.610.